The number of ether oxygens (including phenoxy) is 2. The number of nitrogens with zero attached hydrogens (tertiary/aromatic N) is 2. The summed E-state index contributed by atoms with van der Waals surface area (Å²) in [5.41, 5.74) is 6.93. The van der Waals surface area contributed by atoms with Crippen LogP contribution in [0.5, 0.6) is 11.5 Å². The van der Waals surface area contributed by atoms with E-state index in [1.807, 2.05) is 29.2 Å². The van der Waals surface area contributed by atoms with Crippen molar-refractivity contribution in [3.63, 3.8) is 0 Å². The summed E-state index contributed by atoms with van der Waals surface area (Å²) >= 11 is 0. The number of hydrogen-bond donors (Lipinski definition) is 1. The van der Waals surface area contributed by atoms with Crippen molar-refractivity contribution in [1.29, 1.82) is 0 Å². The molecule has 0 fully saturated rings. The molecule has 1 unspecified atom stereocenters. The van der Waals surface area contributed by atoms with E-state index in [1.54, 1.807) is 14.2 Å². The minimum absolute atomic E-state index is 0.0584. The predicted molar refractivity (Wildman–Crippen MR) is 75.7 cm³/mol. The van der Waals surface area contributed by atoms with Crippen LogP contribution in [0.1, 0.15) is 11.6 Å². The van der Waals surface area contributed by atoms with Gasteiger partial charge in [-0.2, -0.15) is 0 Å². The Labute approximate surface area is 113 Å². The number of benzene rings is 1. The van der Waals surface area contributed by atoms with Gasteiger partial charge in [-0.1, -0.05) is 6.08 Å². The largest absolute Gasteiger partial charge is 0.497 e. The Kier molecular flexibility index (Phi) is 3.94. The van der Waals surface area contributed by atoms with Crippen LogP contribution in [-0.2, 0) is 0 Å². The predicted octanol–water partition coefficient (Wildman–Crippen LogP) is 1.56. The molecule has 0 radical (unpaired) electrons. The number of rotatable bonds is 5. The van der Waals surface area contributed by atoms with E-state index in [-0.39, 0.29) is 6.04 Å². The van der Waals surface area contributed by atoms with Crippen LogP contribution in [0.3, 0.4) is 0 Å². The van der Waals surface area contributed by atoms with Gasteiger partial charge in [0.05, 0.1) is 26.8 Å². The van der Waals surface area contributed by atoms with Gasteiger partial charge < -0.3 is 20.1 Å². The fourth-order valence-electron chi connectivity index (χ4n) is 2.25. The molecular weight excluding hydrogens is 242 g/mol. The van der Waals surface area contributed by atoms with Gasteiger partial charge in [0.1, 0.15) is 11.5 Å². The maximum Gasteiger partial charge on any atom is 0.192 e. The Morgan fingerprint density at radius 3 is 2.89 bits per heavy atom. The molecular formula is C14H19N3O2. The van der Waals surface area contributed by atoms with E-state index in [9.17, 15) is 0 Å². The molecule has 2 rings (SSSR count). The Hall–Kier alpha value is -2.17. The van der Waals surface area contributed by atoms with Crippen molar-refractivity contribution in [2.45, 2.75) is 6.04 Å². The molecule has 19 heavy (non-hydrogen) atoms. The monoisotopic (exact) mass is 261 g/mol. The molecule has 102 valence electrons. The first kappa shape index (κ1) is 13.3. The van der Waals surface area contributed by atoms with Crippen LogP contribution in [0.2, 0.25) is 0 Å². The zero-order valence-electron chi connectivity index (χ0n) is 11.3. The molecule has 2 N–H and O–H groups in total. The second-order valence-corrected chi connectivity index (χ2v) is 4.26. The third-order valence-corrected chi connectivity index (χ3v) is 3.22. The molecule has 1 aliphatic rings. The fourth-order valence-corrected chi connectivity index (χ4v) is 2.25. The molecule has 0 bridgehead atoms. The summed E-state index contributed by atoms with van der Waals surface area (Å²) < 4.78 is 10.7. The van der Waals surface area contributed by atoms with Crippen LogP contribution in [0.4, 0.5) is 0 Å². The van der Waals surface area contributed by atoms with Crippen molar-refractivity contribution in [3.8, 4) is 11.5 Å². The molecule has 0 saturated heterocycles. The van der Waals surface area contributed by atoms with Crippen molar-refractivity contribution in [2.75, 3.05) is 27.3 Å². The van der Waals surface area contributed by atoms with Crippen LogP contribution in [0.15, 0.2) is 35.8 Å². The van der Waals surface area contributed by atoms with Gasteiger partial charge in [0.25, 0.3) is 0 Å². The minimum Gasteiger partial charge on any atom is -0.497 e. The van der Waals surface area contributed by atoms with Crippen LogP contribution < -0.4 is 15.2 Å². The Morgan fingerprint density at radius 2 is 2.26 bits per heavy atom. The lowest BCUT2D eigenvalue weighted by molar-refractivity contribution is 0.349. The first-order chi connectivity index (χ1) is 9.21. The second-order valence-electron chi connectivity index (χ2n) is 4.26. The van der Waals surface area contributed by atoms with Gasteiger partial charge in [-0.3, -0.25) is 4.99 Å². The third kappa shape index (κ3) is 2.50. The fraction of sp³-hybridized carbons (Fsp3) is 0.357. The zero-order chi connectivity index (χ0) is 13.8. The van der Waals surface area contributed by atoms with Crippen molar-refractivity contribution < 1.29 is 9.47 Å². The topological polar surface area (TPSA) is 60.1 Å². The lowest BCUT2D eigenvalue weighted by Crippen LogP contribution is -2.36. The summed E-state index contributed by atoms with van der Waals surface area (Å²) in [6, 6.07) is 5.80. The van der Waals surface area contributed by atoms with E-state index >= 15 is 0 Å². The van der Waals surface area contributed by atoms with Crippen molar-refractivity contribution in [1.82, 2.24) is 4.90 Å². The zero-order valence-corrected chi connectivity index (χ0v) is 11.3. The maximum absolute atomic E-state index is 5.91. The molecule has 5 nitrogen and oxygen atoms in total. The number of hydrogen-bond acceptors (Lipinski definition) is 5. The average molecular weight is 261 g/mol. The van der Waals surface area contributed by atoms with E-state index in [0.717, 1.165) is 17.1 Å². The van der Waals surface area contributed by atoms with Crippen molar-refractivity contribution in [2.24, 2.45) is 10.7 Å². The number of guanidine groups is 1. The second kappa shape index (κ2) is 5.65. The lowest BCUT2D eigenvalue weighted by atomic mass is 10.0. The molecule has 0 saturated carbocycles. The summed E-state index contributed by atoms with van der Waals surface area (Å²) in [6.45, 7) is 5.02. The average Bonchev–Trinajstić information content (AvgIpc) is 2.80. The van der Waals surface area contributed by atoms with Crippen molar-refractivity contribution >= 4 is 5.96 Å². The summed E-state index contributed by atoms with van der Waals surface area (Å²) in [6.07, 6.45) is 1.81. The SMILES string of the molecule is C=CCN1C(N)=NCC1c1cc(OC)ccc1OC. The molecule has 1 aromatic rings. The molecule has 0 aromatic heterocycles. The van der Waals surface area contributed by atoms with Gasteiger partial charge >= 0.3 is 0 Å². The molecule has 0 spiro atoms. The number of aliphatic imine (C=N–C) groups is 1. The maximum atomic E-state index is 5.91. The normalized spacial score (nSPS) is 18.1. The van der Waals surface area contributed by atoms with Crippen molar-refractivity contribution in [3.05, 3.63) is 36.4 Å². The summed E-state index contributed by atoms with van der Waals surface area (Å²) in [4.78, 5) is 6.31. The van der Waals surface area contributed by atoms with E-state index in [0.29, 0.717) is 19.0 Å². The highest BCUT2D eigenvalue weighted by atomic mass is 16.5. The summed E-state index contributed by atoms with van der Waals surface area (Å²) in [5.74, 6) is 2.14. The van der Waals surface area contributed by atoms with E-state index < -0.39 is 0 Å². The smallest absolute Gasteiger partial charge is 0.192 e. The van der Waals surface area contributed by atoms with E-state index in [1.165, 1.54) is 0 Å². The molecule has 5 heteroatoms. The van der Waals surface area contributed by atoms with Gasteiger partial charge in [0.15, 0.2) is 5.96 Å². The number of nitrogens with two attached hydrogens (primary N) is 1. The first-order valence-electron chi connectivity index (χ1n) is 6.10. The standard InChI is InChI=1S/C14H19N3O2/c1-4-7-17-12(9-16-14(17)15)11-8-10(18-2)5-6-13(11)19-3/h4-6,8,12H,1,7,9H2,2-3H3,(H2,15,16). The Balaban J connectivity index is 2.37. The minimum atomic E-state index is 0.0584. The molecule has 1 atom stereocenters. The summed E-state index contributed by atoms with van der Waals surface area (Å²) in [7, 11) is 3.30. The number of methoxy groups -OCH3 is 2. The van der Waals surface area contributed by atoms with E-state index in [4.69, 9.17) is 15.2 Å². The molecule has 0 amide bonds. The highest BCUT2D eigenvalue weighted by molar-refractivity contribution is 5.80. The van der Waals surface area contributed by atoms with Gasteiger partial charge in [-0.05, 0) is 18.2 Å². The van der Waals surface area contributed by atoms with Crippen LogP contribution >= 0.6 is 0 Å². The van der Waals surface area contributed by atoms with Gasteiger partial charge in [0.2, 0.25) is 0 Å². The first-order valence-corrected chi connectivity index (χ1v) is 6.10. The van der Waals surface area contributed by atoms with Gasteiger partial charge in [-0.15, -0.1) is 6.58 Å². The van der Waals surface area contributed by atoms with Gasteiger partial charge in [0, 0.05) is 12.1 Å². The van der Waals surface area contributed by atoms with Gasteiger partial charge in [-0.25, -0.2) is 0 Å². The van der Waals surface area contributed by atoms with Crippen LogP contribution in [0, 0.1) is 0 Å². The molecule has 1 heterocycles. The van der Waals surface area contributed by atoms with Crippen LogP contribution in [-0.4, -0.2) is 38.2 Å². The molecule has 1 aromatic carbocycles. The lowest BCUT2D eigenvalue weighted by Gasteiger charge is -2.26. The quantitative estimate of drug-likeness (QED) is 0.817. The molecule has 0 aliphatic carbocycles. The summed E-state index contributed by atoms with van der Waals surface area (Å²) in [5, 5.41) is 0. The van der Waals surface area contributed by atoms with E-state index in [2.05, 4.69) is 11.6 Å². The highest BCUT2D eigenvalue weighted by Crippen LogP contribution is 2.34. The highest BCUT2D eigenvalue weighted by Gasteiger charge is 2.29. The van der Waals surface area contributed by atoms with Crippen LogP contribution in [0.25, 0.3) is 0 Å². The third-order valence-electron chi connectivity index (χ3n) is 3.22. The molecule has 1 aliphatic heterocycles. The Bertz CT molecular complexity index is 499. The Morgan fingerprint density at radius 1 is 1.47 bits per heavy atom.